The van der Waals surface area contributed by atoms with E-state index in [1.54, 1.807) is 48.5 Å². The zero-order chi connectivity index (χ0) is 30.9. The Kier molecular flexibility index (Phi) is 5.45. The van der Waals surface area contributed by atoms with Gasteiger partial charge in [0.15, 0.2) is 0 Å². The van der Waals surface area contributed by atoms with Crippen LogP contribution < -0.4 is 4.74 Å². The highest BCUT2D eigenvalue weighted by molar-refractivity contribution is 5.72. The quantitative estimate of drug-likeness (QED) is 0.171. The maximum absolute atomic E-state index is 16.6. The van der Waals surface area contributed by atoms with Gasteiger partial charge in [0.2, 0.25) is 0 Å². The van der Waals surface area contributed by atoms with Crippen molar-refractivity contribution in [3.05, 3.63) is 134 Å². The fourth-order valence-corrected chi connectivity index (χ4v) is 6.92. The van der Waals surface area contributed by atoms with Crippen molar-refractivity contribution in [2.24, 2.45) is 0 Å². The highest BCUT2D eigenvalue weighted by Gasteiger charge is 2.66. The lowest BCUT2D eigenvalue weighted by molar-refractivity contribution is -0.228. The summed E-state index contributed by atoms with van der Waals surface area (Å²) in [5.41, 5.74) is -5.48. The molecule has 9 heteroatoms. The van der Waals surface area contributed by atoms with Crippen LogP contribution in [0.3, 0.4) is 0 Å². The third-order valence-electron chi connectivity index (χ3n) is 8.66. The molecule has 6 bridgehead atoms. The summed E-state index contributed by atoms with van der Waals surface area (Å²) in [6.45, 7) is 4.20. The average Bonchev–Trinajstić information content (AvgIpc) is 2.94. The molecule has 0 saturated carbocycles. The monoisotopic (exact) mass is 600 g/mol. The van der Waals surface area contributed by atoms with E-state index in [1.807, 2.05) is 0 Å². The van der Waals surface area contributed by atoms with Crippen LogP contribution in [0.15, 0.2) is 78.9 Å². The summed E-state index contributed by atoms with van der Waals surface area (Å²) in [6, 6.07) is 15.0. The first-order valence-electron chi connectivity index (χ1n) is 13.7. The summed E-state index contributed by atoms with van der Waals surface area (Å²) in [4.78, 5) is 0. The second-order valence-corrected chi connectivity index (χ2v) is 12.3. The molecule has 0 radical (unpaired) electrons. The molecule has 7 aliphatic rings. The normalized spacial score (nSPS) is 23.0. The minimum atomic E-state index is -4.98. The van der Waals surface area contributed by atoms with Crippen molar-refractivity contribution in [1.29, 1.82) is 0 Å². The van der Waals surface area contributed by atoms with Crippen LogP contribution in [-0.4, -0.2) is 5.60 Å². The van der Waals surface area contributed by atoms with Gasteiger partial charge in [-0.2, -0.15) is 35.1 Å². The van der Waals surface area contributed by atoms with Crippen LogP contribution in [-0.2, 0) is 23.7 Å². The molecule has 0 heterocycles. The van der Waals surface area contributed by atoms with E-state index in [0.717, 1.165) is 0 Å². The summed E-state index contributed by atoms with van der Waals surface area (Å²) < 4.78 is 136. The second-order valence-electron chi connectivity index (χ2n) is 12.3. The Morgan fingerprint density at radius 1 is 0.512 bits per heavy atom. The summed E-state index contributed by atoms with van der Waals surface area (Å²) in [5.74, 6) is -23.1. The average molecular weight is 601 g/mol. The van der Waals surface area contributed by atoms with E-state index in [9.17, 15) is 0 Å². The Morgan fingerprint density at radius 3 is 1.30 bits per heavy atom. The molecule has 4 aromatic rings. The number of hydrogen-bond donors (Lipinski definition) is 0. The number of hydrogen-bond acceptors (Lipinski definition) is 1. The minimum Gasteiger partial charge on any atom is -0.488 e. The summed E-state index contributed by atoms with van der Waals surface area (Å²) in [5, 5.41) is 0. The Hall–Kier alpha value is -3.88. The van der Waals surface area contributed by atoms with Crippen LogP contribution in [0.2, 0.25) is 0 Å². The smallest absolute Gasteiger partial charge is 0.343 e. The summed E-state index contributed by atoms with van der Waals surface area (Å²) in [6.07, 6.45) is 0. The highest BCUT2D eigenvalue weighted by Crippen LogP contribution is 2.64. The number of ether oxygens (including phenoxy) is 1. The van der Waals surface area contributed by atoms with E-state index < -0.39 is 80.3 Å². The van der Waals surface area contributed by atoms with Gasteiger partial charge in [-0.15, -0.1) is 0 Å². The molecule has 0 fully saturated rings. The van der Waals surface area contributed by atoms with Gasteiger partial charge >= 0.3 is 23.7 Å². The van der Waals surface area contributed by atoms with E-state index in [-0.39, 0.29) is 0 Å². The van der Waals surface area contributed by atoms with Crippen LogP contribution in [0.25, 0.3) is 0 Å². The molecular weight excluding hydrogens is 576 g/mol. The van der Waals surface area contributed by atoms with Gasteiger partial charge in [-0.1, -0.05) is 66.7 Å². The zero-order valence-electron chi connectivity index (χ0n) is 23.1. The van der Waals surface area contributed by atoms with Crippen molar-refractivity contribution in [2.75, 3.05) is 0 Å². The van der Waals surface area contributed by atoms with Crippen molar-refractivity contribution in [1.82, 2.24) is 0 Å². The first-order valence-corrected chi connectivity index (χ1v) is 13.7. The van der Waals surface area contributed by atoms with Crippen LogP contribution in [0.1, 0.15) is 88.2 Å². The second kappa shape index (κ2) is 8.39. The van der Waals surface area contributed by atoms with Gasteiger partial charge < -0.3 is 4.74 Å². The Morgan fingerprint density at radius 2 is 0.884 bits per heavy atom. The first kappa shape index (κ1) is 27.9. The Labute approximate surface area is 242 Å². The van der Waals surface area contributed by atoms with Crippen LogP contribution in [0, 0.1) is 0 Å². The molecule has 0 amide bonds. The van der Waals surface area contributed by atoms with Gasteiger partial charge in [-0.05, 0) is 66.3 Å². The van der Waals surface area contributed by atoms with E-state index in [1.165, 1.54) is 20.8 Å². The van der Waals surface area contributed by atoms with E-state index in [2.05, 4.69) is 0 Å². The van der Waals surface area contributed by atoms with E-state index >= 15 is 35.1 Å². The third-order valence-corrected chi connectivity index (χ3v) is 8.66. The molecular formula is C34H24F8O. The summed E-state index contributed by atoms with van der Waals surface area (Å²) >= 11 is 0. The van der Waals surface area contributed by atoms with Gasteiger partial charge in [0.05, 0.1) is 5.56 Å². The molecule has 0 spiro atoms. The number of halogens is 8. The van der Waals surface area contributed by atoms with Gasteiger partial charge in [0.25, 0.3) is 0 Å². The van der Waals surface area contributed by atoms with Crippen molar-refractivity contribution in [3.8, 4) is 5.75 Å². The summed E-state index contributed by atoms with van der Waals surface area (Å²) in [7, 11) is 0. The first-order chi connectivity index (χ1) is 20.0. The Balaban J connectivity index is 1.63. The van der Waals surface area contributed by atoms with E-state index in [0.29, 0.717) is 52.6 Å². The molecule has 0 aliphatic heterocycles. The lowest BCUT2D eigenvalue weighted by Gasteiger charge is -2.46. The molecule has 1 nitrogen and oxygen atoms in total. The third kappa shape index (κ3) is 3.50. The van der Waals surface area contributed by atoms with Crippen molar-refractivity contribution < 1.29 is 39.9 Å². The van der Waals surface area contributed by atoms with Gasteiger partial charge in [-0.3, -0.25) is 0 Å². The molecule has 7 aliphatic carbocycles. The molecule has 0 aromatic heterocycles. The van der Waals surface area contributed by atoms with Gasteiger partial charge in [0.1, 0.15) is 11.4 Å². The number of benzene rings is 4. The lowest BCUT2D eigenvalue weighted by atomic mass is 9.58. The Bertz CT molecular complexity index is 1770. The topological polar surface area (TPSA) is 9.23 Å². The maximum atomic E-state index is 16.6. The largest absolute Gasteiger partial charge is 0.488 e. The molecule has 11 rings (SSSR count). The highest BCUT2D eigenvalue weighted by atomic mass is 19.3. The van der Waals surface area contributed by atoms with Crippen molar-refractivity contribution in [2.45, 2.75) is 61.9 Å². The van der Waals surface area contributed by atoms with Crippen LogP contribution in [0.4, 0.5) is 35.1 Å². The van der Waals surface area contributed by atoms with Gasteiger partial charge in [0, 0.05) is 28.5 Å². The molecule has 43 heavy (non-hydrogen) atoms. The number of rotatable bonds is 1. The fraction of sp³-hybridized carbons (Fsp3) is 0.294. The number of alkyl halides is 8. The zero-order valence-corrected chi connectivity index (χ0v) is 23.1. The lowest BCUT2D eigenvalue weighted by Crippen LogP contribution is -2.43. The standard InChI is InChI=1S/C34H24F8O/c1-30(2,3)43-25-16-17-12-13-22(25)32(37,38)34(41,42)24-15-14-23(33(39,40)31(17,35)36)28-26-18-8-4-6-10-20(18)27(29(24)28)21-11-7-5-9-19(21)26/h4-16,26-27H,1-3H3. The molecule has 4 aromatic carbocycles. The predicted molar refractivity (Wildman–Crippen MR) is 144 cm³/mol. The van der Waals surface area contributed by atoms with Gasteiger partial charge in [-0.25, -0.2) is 0 Å². The SMILES string of the molecule is CC(C)(C)Oc1cc2ccc1C(F)(F)C(F)(F)c1ccc(c3c1C1c4ccccc4C3c3ccccc31)C(F)(F)C2(F)F. The van der Waals surface area contributed by atoms with Crippen molar-refractivity contribution in [3.63, 3.8) is 0 Å². The molecule has 0 atom stereocenters. The van der Waals surface area contributed by atoms with E-state index in [4.69, 9.17) is 4.74 Å². The molecule has 0 unspecified atom stereocenters. The van der Waals surface area contributed by atoms with Crippen LogP contribution in [0.5, 0.6) is 5.75 Å². The molecule has 0 N–H and O–H groups in total. The predicted octanol–water partition coefficient (Wildman–Crippen LogP) is 9.93. The van der Waals surface area contributed by atoms with Crippen LogP contribution >= 0.6 is 0 Å². The maximum Gasteiger partial charge on any atom is 0.343 e. The molecule has 0 saturated heterocycles. The fourth-order valence-electron chi connectivity index (χ4n) is 6.92. The minimum absolute atomic E-state index is 0.329. The molecule has 222 valence electrons. The van der Waals surface area contributed by atoms with Crippen molar-refractivity contribution >= 4 is 0 Å².